The lowest BCUT2D eigenvalue weighted by molar-refractivity contribution is -0.121. The molecule has 1 aliphatic heterocycles. The maximum Gasteiger partial charge on any atom is 0.240 e. The standard InChI is InChI=1S/C26H25N3O3/c30-21-13-14-22(25(31)17-21)24(8-4-7-18-5-2-1-3-6-18)27-20-11-9-19(10-12-20)23-15-16-26(32)29-28-23/h1-3,5-6,9-14,17,30-31H,4,7-8,15-16H2,(H,29,32). The maximum atomic E-state index is 11.3. The largest absolute Gasteiger partial charge is 0.508 e. The summed E-state index contributed by atoms with van der Waals surface area (Å²) in [6.45, 7) is 0. The van der Waals surface area contributed by atoms with Crippen LogP contribution in [0, 0.1) is 0 Å². The van der Waals surface area contributed by atoms with Gasteiger partial charge in [-0.25, -0.2) is 5.43 Å². The van der Waals surface area contributed by atoms with Crippen LogP contribution in [0.4, 0.5) is 5.69 Å². The van der Waals surface area contributed by atoms with Gasteiger partial charge >= 0.3 is 0 Å². The second kappa shape index (κ2) is 9.92. The van der Waals surface area contributed by atoms with Crippen LogP contribution in [0.15, 0.2) is 82.9 Å². The van der Waals surface area contributed by atoms with Crippen LogP contribution in [0.1, 0.15) is 42.4 Å². The molecule has 6 heteroatoms. The van der Waals surface area contributed by atoms with Crippen LogP contribution in [0.2, 0.25) is 0 Å². The van der Waals surface area contributed by atoms with Gasteiger partial charge in [-0.1, -0.05) is 42.5 Å². The third kappa shape index (κ3) is 5.40. The van der Waals surface area contributed by atoms with Crippen LogP contribution in [0.25, 0.3) is 0 Å². The minimum atomic E-state index is -0.0659. The first-order chi connectivity index (χ1) is 15.6. The number of aliphatic imine (C=N–C) groups is 1. The molecule has 0 saturated carbocycles. The smallest absolute Gasteiger partial charge is 0.240 e. The third-order valence-corrected chi connectivity index (χ3v) is 5.38. The first-order valence-electron chi connectivity index (χ1n) is 10.7. The normalized spacial score (nSPS) is 14.1. The molecule has 0 fully saturated rings. The van der Waals surface area contributed by atoms with Crippen LogP contribution in [0.5, 0.6) is 11.5 Å². The van der Waals surface area contributed by atoms with E-state index in [9.17, 15) is 15.0 Å². The number of hydrogen-bond acceptors (Lipinski definition) is 5. The zero-order valence-corrected chi connectivity index (χ0v) is 17.7. The lowest BCUT2D eigenvalue weighted by Gasteiger charge is -2.13. The minimum Gasteiger partial charge on any atom is -0.508 e. The van der Waals surface area contributed by atoms with Crippen molar-refractivity contribution in [2.24, 2.45) is 10.1 Å². The number of phenols is 2. The fraction of sp³-hybridized carbons (Fsp3) is 0.192. The number of aromatic hydroxyl groups is 2. The molecule has 0 aromatic heterocycles. The Hall–Kier alpha value is -3.93. The van der Waals surface area contributed by atoms with E-state index in [2.05, 4.69) is 22.7 Å². The van der Waals surface area contributed by atoms with Gasteiger partial charge in [0.15, 0.2) is 0 Å². The zero-order chi connectivity index (χ0) is 22.3. The first-order valence-corrected chi connectivity index (χ1v) is 10.7. The van der Waals surface area contributed by atoms with E-state index < -0.39 is 0 Å². The lowest BCUT2D eigenvalue weighted by Crippen LogP contribution is -2.25. The van der Waals surface area contributed by atoms with Gasteiger partial charge in [0.05, 0.1) is 17.1 Å². The number of hydrazone groups is 1. The summed E-state index contributed by atoms with van der Waals surface area (Å²) in [6.07, 6.45) is 3.50. The van der Waals surface area contributed by atoms with Crippen molar-refractivity contribution in [3.05, 3.63) is 89.5 Å². The molecular weight excluding hydrogens is 402 g/mol. The Morgan fingerprint density at radius 3 is 2.44 bits per heavy atom. The summed E-state index contributed by atoms with van der Waals surface area (Å²) in [5.41, 5.74) is 7.70. The van der Waals surface area contributed by atoms with Gasteiger partial charge < -0.3 is 10.2 Å². The second-order valence-electron chi connectivity index (χ2n) is 7.74. The molecule has 0 radical (unpaired) electrons. The molecule has 1 aliphatic rings. The van der Waals surface area contributed by atoms with Gasteiger partial charge in [-0.3, -0.25) is 9.79 Å². The van der Waals surface area contributed by atoms with Crippen molar-refractivity contribution in [2.75, 3.05) is 0 Å². The van der Waals surface area contributed by atoms with Gasteiger partial charge in [-0.2, -0.15) is 5.10 Å². The number of hydrogen-bond donors (Lipinski definition) is 3. The number of phenolic OH excluding ortho intramolecular Hbond substituents is 2. The Labute approximate surface area is 187 Å². The molecule has 4 rings (SSSR count). The van der Waals surface area contributed by atoms with Crippen molar-refractivity contribution in [1.29, 1.82) is 0 Å². The number of nitrogens with one attached hydrogen (secondary N) is 1. The highest BCUT2D eigenvalue weighted by Crippen LogP contribution is 2.27. The van der Waals surface area contributed by atoms with Gasteiger partial charge in [0.2, 0.25) is 5.91 Å². The highest BCUT2D eigenvalue weighted by Gasteiger charge is 2.14. The molecule has 6 nitrogen and oxygen atoms in total. The van der Waals surface area contributed by atoms with Crippen molar-refractivity contribution in [2.45, 2.75) is 32.1 Å². The van der Waals surface area contributed by atoms with E-state index >= 15 is 0 Å². The Balaban J connectivity index is 1.56. The average Bonchev–Trinajstić information content (AvgIpc) is 2.80. The number of amides is 1. The third-order valence-electron chi connectivity index (χ3n) is 5.38. The highest BCUT2D eigenvalue weighted by molar-refractivity contribution is 6.05. The van der Waals surface area contributed by atoms with E-state index in [1.54, 1.807) is 12.1 Å². The summed E-state index contributed by atoms with van der Waals surface area (Å²) < 4.78 is 0. The fourth-order valence-corrected chi connectivity index (χ4v) is 3.69. The summed E-state index contributed by atoms with van der Waals surface area (Å²) in [5, 5.41) is 24.2. The molecule has 1 heterocycles. The van der Waals surface area contributed by atoms with Crippen LogP contribution in [0.3, 0.4) is 0 Å². The number of rotatable bonds is 7. The molecule has 1 amide bonds. The van der Waals surface area contributed by atoms with Gasteiger partial charge in [-0.05, 0) is 54.7 Å². The van der Waals surface area contributed by atoms with Crippen molar-refractivity contribution >= 4 is 23.0 Å². The predicted molar refractivity (Wildman–Crippen MR) is 126 cm³/mol. The Kier molecular flexibility index (Phi) is 6.60. The Morgan fingerprint density at radius 1 is 0.969 bits per heavy atom. The van der Waals surface area contributed by atoms with Crippen LogP contribution in [-0.2, 0) is 11.2 Å². The number of carbonyl (C=O) groups excluding carboxylic acids is 1. The summed E-state index contributed by atoms with van der Waals surface area (Å²) in [4.78, 5) is 16.1. The number of carbonyl (C=O) groups is 1. The minimum absolute atomic E-state index is 0.00684. The first kappa shape index (κ1) is 21.3. The molecule has 0 saturated heterocycles. The summed E-state index contributed by atoms with van der Waals surface area (Å²) in [6, 6.07) is 22.5. The Bertz CT molecular complexity index is 1150. The van der Waals surface area contributed by atoms with E-state index in [1.807, 2.05) is 42.5 Å². The average molecular weight is 428 g/mol. The monoisotopic (exact) mass is 427 g/mol. The number of nitrogens with zero attached hydrogens (tertiary/aromatic N) is 2. The molecule has 0 atom stereocenters. The number of benzene rings is 3. The maximum absolute atomic E-state index is 11.3. The van der Waals surface area contributed by atoms with Gasteiger partial charge in [-0.15, -0.1) is 0 Å². The van der Waals surface area contributed by atoms with Crippen molar-refractivity contribution in [3.8, 4) is 11.5 Å². The van der Waals surface area contributed by atoms with E-state index in [1.165, 1.54) is 11.6 Å². The molecule has 3 aromatic carbocycles. The summed E-state index contributed by atoms with van der Waals surface area (Å²) >= 11 is 0. The molecular formula is C26H25N3O3. The van der Waals surface area contributed by atoms with E-state index in [0.717, 1.165) is 35.5 Å². The zero-order valence-electron chi connectivity index (χ0n) is 17.7. The summed E-state index contributed by atoms with van der Waals surface area (Å²) in [5.74, 6) is -0.0456. The molecule has 0 aliphatic carbocycles. The lowest BCUT2D eigenvalue weighted by atomic mass is 10.0. The van der Waals surface area contributed by atoms with Crippen LogP contribution in [-0.4, -0.2) is 27.5 Å². The SMILES string of the molecule is O=C1CCC(c2ccc(N=C(CCCc3ccccc3)c3ccc(O)cc3O)cc2)=NN1. The van der Waals surface area contributed by atoms with E-state index in [-0.39, 0.29) is 17.4 Å². The number of aryl methyl sites for hydroxylation is 1. The fourth-order valence-electron chi connectivity index (χ4n) is 3.69. The van der Waals surface area contributed by atoms with Gasteiger partial charge in [0, 0.05) is 24.5 Å². The van der Waals surface area contributed by atoms with E-state index in [4.69, 9.17) is 4.99 Å². The summed E-state index contributed by atoms with van der Waals surface area (Å²) in [7, 11) is 0. The van der Waals surface area contributed by atoms with Crippen molar-refractivity contribution in [1.82, 2.24) is 5.43 Å². The van der Waals surface area contributed by atoms with Gasteiger partial charge in [0.1, 0.15) is 11.5 Å². The van der Waals surface area contributed by atoms with Crippen molar-refractivity contribution in [3.63, 3.8) is 0 Å². The van der Waals surface area contributed by atoms with E-state index in [0.29, 0.717) is 24.8 Å². The molecule has 3 N–H and O–H groups in total. The highest BCUT2D eigenvalue weighted by atomic mass is 16.3. The molecule has 0 spiro atoms. The molecule has 32 heavy (non-hydrogen) atoms. The van der Waals surface area contributed by atoms with Gasteiger partial charge in [0.25, 0.3) is 0 Å². The molecule has 3 aromatic rings. The van der Waals surface area contributed by atoms with Crippen LogP contribution < -0.4 is 5.43 Å². The molecule has 162 valence electrons. The van der Waals surface area contributed by atoms with Crippen LogP contribution >= 0.6 is 0 Å². The Morgan fingerprint density at radius 2 is 1.75 bits per heavy atom. The topological polar surface area (TPSA) is 94.3 Å². The van der Waals surface area contributed by atoms with Crippen molar-refractivity contribution < 1.29 is 15.0 Å². The molecule has 0 bridgehead atoms. The predicted octanol–water partition coefficient (Wildman–Crippen LogP) is 4.86. The second-order valence-corrected chi connectivity index (χ2v) is 7.74. The quantitative estimate of drug-likeness (QED) is 0.470. The molecule has 0 unspecified atom stereocenters.